The van der Waals surface area contributed by atoms with E-state index in [1.54, 1.807) is 65.8 Å². The van der Waals surface area contributed by atoms with Crippen LogP contribution in [0.15, 0.2) is 40.6 Å². The topological polar surface area (TPSA) is 77.3 Å². The van der Waals surface area contributed by atoms with Gasteiger partial charge in [-0.05, 0) is 60.6 Å². The predicted molar refractivity (Wildman–Crippen MR) is 91.1 cm³/mol. The fourth-order valence-electron chi connectivity index (χ4n) is 1.57. The Morgan fingerprint density at radius 1 is 0.792 bits per heavy atom. The number of hydrogen-bond acceptors (Lipinski definition) is 6. The van der Waals surface area contributed by atoms with Gasteiger partial charge < -0.3 is 9.47 Å². The zero-order valence-corrected chi connectivity index (χ0v) is 15.4. The summed E-state index contributed by atoms with van der Waals surface area (Å²) in [4.78, 5) is 25.1. The van der Waals surface area contributed by atoms with Gasteiger partial charge in [-0.2, -0.15) is 10.2 Å². The van der Waals surface area contributed by atoms with Gasteiger partial charge in [0.1, 0.15) is 11.2 Å². The van der Waals surface area contributed by atoms with Gasteiger partial charge in [0.25, 0.3) is 5.54 Å². The van der Waals surface area contributed by atoms with Crippen molar-refractivity contribution in [3.63, 3.8) is 0 Å². The first-order chi connectivity index (χ1) is 10.8. The molecular weight excluding hydrogens is 308 g/mol. The molecule has 0 saturated heterocycles. The maximum absolute atomic E-state index is 12.6. The minimum Gasteiger partial charge on any atom is -0.458 e. The van der Waals surface area contributed by atoms with Crippen LogP contribution in [0.1, 0.15) is 48.5 Å². The average Bonchev–Trinajstić information content (AvgIpc) is 2.42. The van der Waals surface area contributed by atoms with Gasteiger partial charge in [-0.3, -0.25) is 0 Å². The molecule has 24 heavy (non-hydrogen) atoms. The zero-order valence-electron chi connectivity index (χ0n) is 15.4. The molecule has 0 heterocycles. The summed E-state index contributed by atoms with van der Waals surface area (Å²) in [5, 5.41) is 7.97. The number of benzene rings is 1. The second-order valence-corrected chi connectivity index (χ2v) is 7.61. The molecule has 0 radical (unpaired) electrons. The second kappa shape index (κ2) is 7.11. The molecule has 0 unspecified atom stereocenters. The first kappa shape index (κ1) is 19.8. The Kier molecular flexibility index (Phi) is 5.87. The van der Waals surface area contributed by atoms with Crippen LogP contribution < -0.4 is 0 Å². The average molecular weight is 334 g/mol. The molecule has 1 aromatic rings. The Morgan fingerprint density at radius 3 is 1.58 bits per heavy atom. The molecule has 0 fully saturated rings. The highest BCUT2D eigenvalue weighted by atomic mass is 16.6. The summed E-state index contributed by atoms with van der Waals surface area (Å²) in [6.07, 6.45) is 0. The van der Waals surface area contributed by atoms with E-state index in [0.717, 1.165) is 0 Å². The van der Waals surface area contributed by atoms with E-state index < -0.39 is 28.7 Å². The molecule has 0 aromatic heterocycles. The van der Waals surface area contributed by atoms with Crippen molar-refractivity contribution in [3.8, 4) is 0 Å². The lowest BCUT2D eigenvalue weighted by Crippen LogP contribution is -2.48. The van der Waals surface area contributed by atoms with Crippen molar-refractivity contribution in [2.24, 2.45) is 10.2 Å². The van der Waals surface area contributed by atoms with Crippen LogP contribution >= 0.6 is 0 Å². The zero-order chi connectivity index (χ0) is 18.6. The fourth-order valence-corrected chi connectivity index (χ4v) is 1.57. The lowest BCUT2D eigenvalue weighted by Gasteiger charge is -2.29. The van der Waals surface area contributed by atoms with Gasteiger partial charge in [-0.25, -0.2) is 9.59 Å². The smallest absolute Gasteiger partial charge is 0.348 e. The Labute approximate surface area is 143 Å². The third kappa shape index (κ3) is 6.10. The highest BCUT2D eigenvalue weighted by Gasteiger charge is 2.48. The molecule has 0 atom stereocenters. The van der Waals surface area contributed by atoms with Crippen molar-refractivity contribution in [1.29, 1.82) is 0 Å². The van der Waals surface area contributed by atoms with Gasteiger partial charge in [0.2, 0.25) is 0 Å². The highest BCUT2D eigenvalue weighted by molar-refractivity contribution is 6.04. The van der Waals surface area contributed by atoms with Gasteiger partial charge in [-0.15, -0.1) is 0 Å². The molecule has 1 aromatic carbocycles. The van der Waals surface area contributed by atoms with Crippen molar-refractivity contribution in [3.05, 3.63) is 30.3 Å². The van der Waals surface area contributed by atoms with E-state index in [1.807, 2.05) is 6.07 Å². The van der Waals surface area contributed by atoms with E-state index in [9.17, 15) is 9.59 Å². The van der Waals surface area contributed by atoms with E-state index >= 15 is 0 Å². The molecule has 0 aliphatic rings. The van der Waals surface area contributed by atoms with Crippen molar-refractivity contribution < 1.29 is 19.1 Å². The molecule has 0 saturated carbocycles. The number of carbonyl (C=O) groups excluding carboxylic acids is 2. The lowest BCUT2D eigenvalue weighted by molar-refractivity contribution is -0.175. The Hall–Kier alpha value is -2.24. The number of azo groups is 1. The van der Waals surface area contributed by atoms with Gasteiger partial charge in [-0.1, -0.05) is 18.2 Å². The van der Waals surface area contributed by atoms with Crippen LogP contribution in [0.3, 0.4) is 0 Å². The van der Waals surface area contributed by atoms with Gasteiger partial charge in [0.15, 0.2) is 0 Å². The van der Waals surface area contributed by atoms with E-state index in [1.165, 1.54) is 6.92 Å². The summed E-state index contributed by atoms with van der Waals surface area (Å²) < 4.78 is 10.7. The van der Waals surface area contributed by atoms with Gasteiger partial charge in [0.05, 0.1) is 5.69 Å². The number of hydrogen-bond donors (Lipinski definition) is 0. The largest absolute Gasteiger partial charge is 0.458 e. The Bertz CT molecular complexity index is 582. The van der Waals surface area contributed by atoms with Gasteiger partial charge in [0, 0.05) is 0 Å². The SMILES string of the molecule is CC(C)(C)OC(=O)C(C)(N=Nc1ccccc1)C(=O)OC(C)(C)C. The summed E-state index contributed by atoms with van der Waals surface area (Å²) in [5.74, 6) is -1.60. The maximum Gasteiger partial charge on any atom is 0.348 e. The Balaban J connectivity index is 3.17. The van der Waals surface area contributed by atoms with Crippen LogP contribution in [0, 0.1) is 0 Å². The number of ether oxygens (including phenoxy) is 2. The van der Waals surface area contributed by atoms with Crippen molar-refractivity contribution in [2.75, 3.05) is 0 Å². The highest BCUT2D eigenvalue weighted by Crippen LogP contribution is 2.25. The molecule has 6 nitrogen and oxygen atoms in total. The Morgan fingerprint density at radius 2 is 1.21 bits per heavy atom. The number of carbonyl (C=O) groups is 2. The van der Waals surface area contributed by atoms with Crippen molar-refractivity contribution >= 4 is 17.6 Å². The summed E-state index contributed by atoms with van der Waals surface area (Å²) in [5.41, 5.74) is -2.88. The van der Waals surface area contributed by atoms with Crippen molar-refractivity contribution in [1.82, 2.24) is 0 Å². The number of rotatable bonds is 4. The number of esters is 2. The maximum atomic E-state index is 12.6. The third-order valence-corrected chi connectivity index (χ3v) is 2.71. The summed E-state index contributed by atoms with van der Waals surface area (Å²) >= 11 is 0. The lowest BCUT2D eigenvalue weighted by atomic mass is 10.0. The van der Waals surface area contributed by atoms with Crippen LogP contribution in [0.4, 0.5) is 5.69 Å². The number of nitrogens with zero attached hydrogens (tertiary/aromatic N) is 2. The van der Waals surface area contributed by atoms with Crippen LogP contribution in [0.2, 0.25) is 0 Å². The summed E-state index contributed by atoms with van der Waals surface area (Å²) in [7, 11) is 0. The van der Waals surface area contributed by atoms with Crippen LogP contribution in [0.25, 0.3) is 0 Å². The molecule has 6 heteroatoms. The summed E-state index contributed by atoms with van der Waals surface area (Å²) in [6.45, 7) is 11.7. The molecule has 0 spiro atoms. The quantitative estimate of drug-likeness (QED) is 0.469. The molecule has 0 aliphatic heterocycles. The molecule has 0 N–H and O–H groups in total. The monoisotopic (exact) mass is 334 g/mol. The normalized spacial score (nSPS) is 13.0. The first-order valence-electron chi connectivity index (χ1n) is 7.78. The van der Waals surface area contributed by atoms with Gasteiger partial charge >= 0.3 is 11.9 Å². The molecule has 1 rings (SSSR count). The van der Waals surface area contributed by atoms with E-state index in [-0.39, 0.29) is 0 Å². The van der Waals surface area contributed by atoms with E-state index in [4.69, 9.17) is 9.47 Å². The second-order valence-electron chi connectivity index (χ2n) is 7.61. The van der Waals surface area contributed by atoms with Crippen LogP contribution in [-0.4, -0.2) is 28.7 Å². The molecule has 0 bridgehead atoms. The summed E-state index contributed by atoms with van der Waals surface area (Å²) in [6, 6.07) is 8.83. The predicted octanol–water partition coefficient (Wildman–Crippen LogP) is 4.21. The third-order valence-electron chi connectivity index (χ3n) is 2.71. The molecular formula is C18H26N2O4. The minimum absolute atomic E-state index is 0.524. The standard InChI is InChI=1S/C18H26N2O4/c1-16(2,3)23-14(21)18(7,15(22)24-17(4,5)6)20-19-13-11-9-8-10-12-13/h8-12H,1-7H3. The first-order valence-corrected chi connectivity index (χ1v) is 7.78. The van der Waals surface area contributed by atoms with E-state index in [0.29, 0.717) is 5.69 Å². The molecule has 132 valence electrons. The minimum atomic E-state index is -1.88. The molecule has 0 aliphatic carbocycles. The van der Waals surface area contributed by atoms with Crippen LogP contribution in [-0.2, 0) is 19.1 Å². The molecule has 0 amide bonds. The van der Waals surface area contributed by atoms with Crippen molar-refractivity contribution in [2.45, 2.75) is 65.2 Å². The van der Waals surface area contributed by atoms with Crippen LogP contribution in [0.5, 0.6) is 0 Å². The van der Waals surface area contributed by atoms with E-state index in [2.05, 4.69) is 10.2 Å². The fraction of sp³-hybridized carbons (Fsp3) is 0.556.